The number of benzene rings is 1. The zero-order chi connectivity index (χ0) is 20.5. The molecule has 4 rings (SSSR count). The van der Waals surface area contributed by atoms with E-state index in [2.05, 4.69) is 15.3 Å². The van der Waals surface area contributed by atoms with E-state index in [1.54, 1.807) is 18.2 Å². The fourth-order valence-electron chi connectivity index (χ4n) is 2.77. The van der Waals surface area contributed by atoms with Gasteiger partial charge in [0.25, 0.3) is 17.0 Å². The van der Waals surface area contributed by atoms with E-state index in [1.165, 1.54) is 0 Å². The number of nitrogens with one attached hydrogen (secondary N) is 4. The van der Waals surface area contributed by atoms with E-state index >= 15 is 0 Å². The van der Waals surface area contributed by atoms with Crippen LogP contribution in [0.5, 0.6) is 11.5 Å². The lowest BCUT2D eigenvalue weighted by Crippen LogP contribution is -2.39. The van der Waals surface area contributed by atoms with Gasteiger partial charge < -0.3 is 19.8 Å². The highest BCUT2D eigenvalue weighted by Crippen LogP contribution is 2.32. The summed E-state index contributed by atoms with van der Waals surface area (Å²) in [5.74, 6) is -0.0716. The maximum atomic E-state index is 12.7. The number of anilines is 1. The lowest BCUT2D eigenvalue weighted by atomic mass is 10.2. The summed E-state index contributed by atoms with van der Waals surface area (Å²) < 4.78 is 11.3. The Labute approximate surface area is 159 Å². The Hall–Kier alpha value is -4.35. The zero-order valence-corrected chi connectivity index (χ0v) is 14.6. The minimum absolute atomic E-state index is 0.0827. The summed E-state index contributed by atoms with van der Waals surface area (Å²) in [7, 11) is 0. The largest absolute Gasteiger partial charge is 0.454 e. The average molecular weight is 399 g/mol. The summed E-state index contributed by atoms with van der Waals surface area (Å²) in [6, 6.07) is 5.88. The number of H-pyrrole nitrogens is 3. The second-order valence-electron chi connectivity index (χ2n) is 6.04. The van der Waals surface area contributed by atoms with Crippen molar-refractivity contribution in [2.45, 2.75) is 6.54 Å². The van der Waals surface area contributed by atoms with Gasteiger partial charge in [-0.25, -0.2) is 9.59 Å². The molecule has 0 radical (unpaired) electrons. The molecule has 0 saturated heterocycles. The second kappa shape index (κ2) is 6.99. The molecule has 0 spiro atoms. The Kier molecular flexibility index (Phi) is 4.35. The number of rotatable bonds is 4. The maximum Gasteiger partial charge on any atom is 0.328 e. The van der Waals surface area contributed by atoms with Crippen LogP contribution in [0.25, 0.3) is 0 Å². The molecule has 4 N–H and O–H groups in total. The van der Waals surface area contributed by atoms with Crippen molar-refractivity contribution in [3.8, 4) is 11.5 Å². The summed E-state index contributed by atoms with van der Waals surface area (Å²) in [5.41, 5.74) is -2.92. The molecule has 1 aliphatic heterocycles. The first-order valence-electron chi connectivity index (χ1n) is 8.27. The van der Waals surface area contributed by atoms with Gasteiger partial charge in [-0.1, -0.05) is 6.07 Å². The smallest absolute Gasteiger partial charge is 0.328 e. The summed E-state index contributed by atoms with van der Waals surface area (Å²) in [6.07, 6.45) is 0.960. The van der Waals surface area contributed by atoms with Crippen molar-refractivity contribution in [1.29, 1.82) is 0 Å². The molecule has 0 fully saturated rings. The summed E-state index contributed by atoms with van der Waals surface area (Å²) in [5, 5.41) is 2.24. The highest BCUT2D eigenvalue weighted by molar-refractivity contribution is 6.03. The van der Waals surface area contributed by atoms with Crippen LogP contribution in [0.3, 0.4) is 0 Å². The molecule has 3 aromatic rings. The number of aromatic nitrogens is 4. The van der Waals surface area contributed by atoms with Crippen LogP contribution in [0.1, 0.15) is 15.9 Å². The predicted molar refractivity (Wildman–Crippen MR) is 98.6 cm³/mol. The highest BCUT2D eigenvalue weighted by atomic mass is 16.7. The summed E-state index contributed by atoms with van der Waals surface area (Å²) >= 11 is 0. The number of fused-ring (bicyclic) bond motifs is 1. The van der Waals surface area contributed by atoms with Crippen molar-refractivity contribution >= 4 is 11.7 Å². The third-order valence-corrected chi connectivity index (χ3v) is 4.09. The Balaban J connectivity index is 1.65. The third-order valence-electron chi connectivity index (χ3n) is 4.09. The number of nitrogens with zero attached hydrogens (tertiary/aromatic N) is 1. The van der Waals surface area contributed by atoms with Gasteiger partial charge in [0.1, 0.15) is 11.4 Å². The number of carbonyl (C=O) groups excluding carboxylic acids is 1. The number of aromatic amines is 3. The normalized spacial score (nSPS) is 12.0. The van der Waals surface area contributed by atoms with Gasteiger partial charge in [0.05, 0.1) is 6.54 Å². The first-order chi connectivity index (χ1) is 13.9. The number of amides is 1. The molecule has 12 nitrogen and oxygen atoms in total. The van der Waals surface area contributed by atoms with Crippen molar-refractivity contribution in [2.24, 2.45) is 0 Å². The molecular formula is C17H13N5O7. The Morgan fingerprint density at radius 2 is 1.86 bits per heavy atom. The van der Waals surface area contributed by atoms with Crippen molar-refractivity contribution in [1.82, 2.24) is 19.5 Å². The molecule has 12 heteroatoms. The first-order valence-corrected chi connectivity index (χ1v) is 8.27. The van der Waals surface area contributed by atoms with Crippen LogP contribution >= 0.6 is 0 Å². The number of ether oxygens (including phenoxy) is 2. The monoisotopic (exact) mass is 399 g/mol. The Morgan fingerprint density at radius 1 is 1.07 bits per heavy atom. The highest BCUT2D eigenvalue weighted by Gasteiger charge is 2.18. The van der Waals surface area contributed by atoms with Crippen molar-refractivity contribution in [3.63, 3.8) is 0 Å². The Morgan fingerprint density at radius 3 is 2.66 bits per heavy atom. The molecule has 0 unspecified atom stereocenters. The van der Waals surface area contributed by atoms with Crippen LogP contribution in [-0.2, 0) is 6.54 Å². The molecule has 2 aromatic heterocycles. The number of hydrogen-bond donors (Lipinski definition) is 4. The number of carbonyl (C=O) groups is 1. The molecule has 0 atom stereocenters. The van der Waals surface area contributed by atoms with Gasteiger partial charge in [-0.2, -0.15) is 0 Å². The standard InChI is InChI=1S/C17H13N5O7/c23-13-4-12(20-16(26)21-13)19-14(24)9-5-18-17(27)22(15(9)25)6-8-1-2-10-11(3-8)29-7-28-10/h1-5H,6-7H2,(H,18,27)(H3,19,20,21,23,24,26). The molecular weight excluding hydrogens is 386 g/mol. The molecule has 0 saturated carbocycles. The molecule has 148 valence electrons. The van der Waals surface area contributed by atoms with E-state index in [0.717, 1.165) is 16.8 Å². The van der Waals surface area contributed by atoms with E-state index in [1.807, 2.05) is 4.98 Å². The zero-order valence-electron chi connectivity index (χ0n) is 14.6. The molecule has 1 amide bonds. The van der Waals surface area contributed by atoms with Crippen molar-refractivity contribution < 1.29 is 14.3 Å². The van der Waals surface area contributed by atoms with Crippen molar-refractivity contribution in [3.05, 3.63) is 83.3 Å². The quantitative estimate of drug-likeness (QED) is 0.434. The van der Waals surface area contributed by atoms with Gasteiger partial charge in [-0.05, 0) is 17.7 Å². The van der Waals surface area contributed by atoms with Crippen LogP contribution in [0.4, 0.5) is 5.82 Å². The lowest BCUT2D eigenvalue weighted by molar-refractivity contribution is 0.102. The van der Waals surface area contributed by atoms with Crippen molar-refractivity contribution in [2.75, 3.05) is 12.1 Å². The van der Waals surface area contributed by atoms with E-state index in [9.17, 15) is 24.0 Å². The van der Waals surface area contributed by atoms with Gasteiger partial charge in [-0.15, -0.1) is 0 Å². The lowest BCUT2D eigenvalue weighted by Gasteiger charge is -2.08. The van der Waals surface area contributed by atoms with Gasteiger partial charge >= 0.3 is 11.4 Å². The fourth-order valence-corrected chi connectivity index (χ4v) is 2.77. The minimum atomic E-state index is -0.910. The number of hydrogen-bond acceptors (Lipinski definition) is 7. The molecule has 29 heavy (non-hydrogen) atoms. The molecule has 3 heterocycles. The molecule has 1 aromatic carbocycles. The maximum absolute atomic E-state index is 12.7. The van der Waals surface area contributed by atoms with Gasteiger partial charge in [-0.3, -0.25) is 28.9 Å². The topological polar surface area (TPSA) is 168 Å². The fraction of sp³-hybridized carbons (Fsp3) is 0.118. The van der Waals surface area contributed by atoms with Crippen LogP contribution in [0.2, 0.25) is 0 Å². The van der Waals surface area contributed by atoms with Gasteiger partial charge in [0, 0.05) is 12.3 Å². The van der Waals surface area contributed by atoms with Crippen LogP contribution < -0.4 is 37.3 Å². The van der Waals surface area contributed by atoms with E-state index in [-0.39, 0.29) is 24.7 Å². The summed E-state index contributed by atoms with van der Waals surface area (Å²) in [6.45, 7) is -0.0346. The first kappa shape index (κ1) is 18.0. The molecule has 1 aliphatic rings. The van der Waals surface area contributed by atoms with Gasteiger partial charge in [0.2, 0.25) is 6.79 Å². The summed E-state index contributed by atoms with van der Waals surface area (Å²) in [4.78, 5) is 66.3. The Bertz CT molecular complexity index is 1320. The van der Waals surface area contributed by atoms with Crippen LogP contribution in [0, 0.1) is 0 Å². The molecule has 0 bridgehead atoms. The average Bonchev–Trinajstić information content (AvgIpc) is 3.12. The van der Waals surface area contributed by atoms with E-state index in [4.69, 9.17) is 9.47 Å². The van der Waals surface area contributed by atoms with E-state index < -0.39 is 28.4 Å². The SMILES string of the molecule is O=C(Nc1cc(=O)[nH]c(=O)[nH]1)c1c[nH]c(=O)n(Cc2ccc3c(c2)OCO3)c1=O. The minimum Gasteiger partial charge on any atom is -0.454 e. The van der Waals surface area contributed by atoms with Gasteiger partial charge in [0.15, 0.2) is 11.5 Å². The predicted octanol–water partition coefficient (Wildman–Crippen LogP) is -1.06. The molecule has 0 aliphatic carbocycles. The third kappa shape index (κ3) is 3.58. The van der Waals surface area contributed by atoms with E-state index in [0.29, 0.717) is 17.1 Å². The van der Waals surface area contributed by atoms with Crippen LogP contribution in [0.15, 0.2) is 49.6 Å². The van der Waals surface area contributed by atoms with Crippen LogP contribution in [-0.4, -0.2) is 32.2 Å². The second-order valence-corrected chi connectivity index (χ2v) is 6.04.